The molecule has 1 N–H and O–H groups in total. The lowest BCUT2D eigenvalue weighted by Gasteiger charge is -2.19. The van der Waals surface area contributed by atoms with Gasteiger partial charge in [0, 0.05) is 31.9 Å². The molecule has 8 nitrogen and oxygen atoms in total. The Kier molecular flexibility index (Phi) is 8.74. The maximum atomic E-state index is 12.5. The van der Waals surface area contributed by atoms with Crippen LogP contribution in [0.5, 0.6) is 11.5 Å². The topological polar surface area (TPSA) is 93.9 Å². The third kappa shape index (κ3) is 7.25. The van der Waals surface area contributed by atoms with Crippen molar-refractivity contribution < 1.29 is 28.0 Å². The molecule has 2 aromatic carbocycles. The zero-order valence-electron chi connectivity index (χ0n) is 17.1. The first kappa shape index (κ1) is 23.6. The number of nitro benzene ring substituents is 1. The number of amides is 1. The molecule has 1 amide bonds. The molecule has 0 unspecified atom stereocenters. The zero-order chi connectivity index (χ0) is 22.8. The molecule has 0 heterocycles. The van der Waals surface area contributed by atoms with Crippen LogP contribution in [-0.2, 0) is 4.79 Å². The van der Waals surface area contributed by atoms with Gasteiger partial charge in [-0.25, -0.2) is 0 Å². The van der Waals surface area contributed by atoms with Crippen LogP contribution in [0.15, 0.2) is 48.5 Å². The van der Waals surface area contributed by atoms with Crippen LogP contribution in [0.4, 0.5) is 20.2 Å². The van der Waals surface area contributed by atoms with Crippen molar-refractivity contribution in [2.24, 2.45) is 0 Å². The third-order valence-electron chi connectivity index (χ3n) is 4.31. The molecule has 0 aliphatic carbocycles. The van der Waals surface area contributed by atoms with Gasteiger partial charge in [0.25, 0.3) is 5.69 Å². The van der Waals surface area contributed by atoms with Crippen molar-refractivity contribution in [1.29, 1.82) is 0 Å². The number of carbonyl (C=O) groups excluding carboxylic acids is 1. The Labute approximate surface area is 178 Å². The van der Waals surface area contributed by atoms with E-state index in [1.807, 2.05) is 37.4 Å². The minimum Gasteiger partial charge on any atom is -0.493 e. The third-order valence-corrected chi connectivity index (χ3v) is 4.31. The van der Waals surface area contributed by atoms with E-state index in [9.17, 15) is 23.7 Å². The molecule has 0 aromatic heterocycles. The standard InChI is InChI=1S/C21H23F2N3O5/c1-25(16-7-4-3-5-8-16)12-6-11-24-20(27)10-9-15-13-18(30-2)19(31-21(22)23)14-17(15)26(28)29/h3-5,7-10,13-14,21H,6,11-12H2,1-2H3,(H,24,27). The molecule has 0 saturated heterocycles. The van der Waals surface area contributed by atoms with Crippen molar-refractivity contribution in [3.05, 3.63) is 64.2 Å². The number of nitro groups is 1. The number of anilines is 1. The number of alkyl halides is 2. The molecule has 0 aliphatic rings. The van der Waals surface area contributed by atoms with E-state index >= 15 is 0 Å². The van der Waals surface area contributed by atoms with E-state index in [4.69, 9.17) is 4.74 Å². The second-order valence-electron chi connectivity index (χ2n) is 6.43. The predicted octanol–water partition coefficient (Wildman–Crippen LogP) is 3.86. The van der Waals surface area contributed by atoms with Gasteiger partial charge in [-0.15, -0.1) is 0 Å². The number of hydrogen-bond acceptors (Lipinski definition) is 6. The highest BCUT2D eigenvalue weighted by molar-refractivity contribution is 5.92. The van der Waals surface area contributed by atoms with Gasteiger partial charge in [0.2, 0.25) is 5.91 Å². The quantitative estimate of drug-likeness (QED) is 0.249. The number of nitrogens with one attached hydrogen (secondary N) is 1. The van der Waals surface area contributed by atoms with Crippen molar-refractivity contribution in [3.63, 3.8) is 0 Å². The lowest BCUT2D eigenvalue weighted by Crippen LogP contribution is -2.26. The molecule has 0 aliphatic heterocycles. The number of halogens is 2. The smallest absolute Gasteiger partial charge is 0.387 e. The molecule has 10 heteroatoms. The summed E-state index contributed by atoms with van der Waals surface area (Å²) in [6, 6.07) is 11.8. The lowest BCUT2D eigenvalue weighted by molar-refractivity contribution is -0.385. The van der Waals surface area contributed by atoms with Crippen LogP contribution >= 0.6 is 0 Å². The average Bonchev–Trinajstić information content (AvgIpc) is 2.75. The number of ether oxygens (including phenoxy) is 2. The minimum absolute atomic E-state index is 0.0161. The van der Waals surface area contributed by atoms with Crippen molar-refractivity contribution in [2.45, 2.75) is 13.0 Å². The van der Waals surface area contributed by atoms with Crippen LogP contribution < -0.4 is 19.7 Å². The fourth-order valence-corrected chi connectivity index (χ4v) is 2.77. The minimum atomic E-state index is -3.17. The molecule has 0 bridgehead atoms. The Hall–Kier alpha value is -3.69. The molecule has 0 atom stereocenters. The normalized spacial score (nSPS) is 10.9. The van der Waals surface area contributed by atoms with Gasteiger partial charge in [-0.3, -0.25) is 14.9 Å². The van der Waals surface area contributed by atoms with Crippen molar-refractivity contribution >= 4 is 23.4 Å². The average molecular weight is 435 g/mol. The molecule has 0 fully saturated rings. The van der Waals surface area contributed by atoms with Crippen molar-refractivity contribution in [3.8, 4) is 11.5 Å². The number of rotatable bonds is 11. The van der Waals surface area contributed by atoms with E-state index in [1.54, 1.807) is 0 Å². The van der Waals surface area contributed by atoms with Crippen LogP contribution in [-0.4, -0.2) is 44.7 Å². The second-order valence-corrected chi connectivity index (χ2v) is 6.43. The number of carbonyl (C=O) groups is 1. The number of hydrogen-bond donors (Lipinski definition) is 1. The van der Waals surface area contributed by atoms with Crippen LogP contribution in [0.3, 0.4) is 0 Å². The monoisotopic (exact) mass is 435 g/mol. The van der Waals surface area contributed by atoms with Crippen LogP contribution in [0.25, 0.3) is 6.08 Å². The molecule has 2 aromatic rings. The summed E-state index contributed by atoms with van der Waals surface area (Å²) in [7, 11) is 3.16. The number of para-hydroxylation sites is 1. The van der Waals surface area contributed by atoms with Gasteiger partial charge in [-0.1, -0.05) is 18.2 Å². The highest BCUT2D eigenvalue weighted by Crippen LogP contribution is 2.36. The largest absolute Gasteiger partial charge is 0.493 e. The first-order valence-electron chi connectivity index (χ1n) is 9.35. The van der Waals surface area contributed by atoms with Gasteiger partial charge in [0.05, 0.1) is 23.7 Å². The van der Waals surface area contributed by atoms with Gasteiger partial charge in [0.15, 0.2) is 11.5 Å². The van der Waals surface area contributed by atoms with Crippen LogP contribution in [0.2, 0.25) is 0 Å². The number of benzene rings is 2. The van der Waals surface area contributed by atoms with Gasteiger partial charge in [-0.2, -0.15) is 8.78 Å². The van der Waals surface area contributed by atoms with Crippen LogP contribution in [0, 0.1) is 10.1 Å². The van der Waals surface area contributed by atoms with Crippen molar-refractivity contribution in [2.75, 3.05) is 32.1 Å². The first-order chi connectivity index (χ1) is 14.8. The highest BCUT2D eigenvalue weighted by atomic mass is 19.3. The Bertz CT molecular complexity index is 923. The van der Waals surface area contributed by atoms with Gasteiger partial charge >= 0.3 is 6.61 Å². The summed E-state index contributed by atoms with van der Waals surface area (Å²) in [5.74, 6) is -1.02. The predicted molar refractivity (Wildman–Crippen MR) is 113 cm³/mol. The summed E-state index contributed by atoms with van der Waals surface area (Å²) in [6.45, 7) is -2.03. The van der Waals surface area contributed by atoms with E-state index in [0.29, 0.717) is 13.0 Å². The summed E-state index contributed by atoms with van der Waals surface area (Å²) >= 11 is 0. The van der Waals surface area contributed by atoms with E-state index in [-0.39, 0.29) is 11.3 Å². The molecule has 166 valence electrons. The highest BCUT2D eigenvalue weighted by Gasteiger charge is 2.20. The van der Waals surface area contributed by atoms with E-state index < -0.39 is 28.9 Å². The van der Waals surface area contributed by atoms with E-state index in [0.717, 1.165) is 30.4 Å². The SMILES string of the molecule is COc1cc(C=CC(=O)NCCCN(C)c2ccccc2)c([N+](=O)[O-])cc1OC(F)F. The zero-order valence-corrected chi connectivity index (χ0v) is 17.1. The van der Waals surface area contributed by atoms with Crippen LogP contribution in [0.1, 0.15) is 12.0 Å². The summed E-state index contributed by atoms with van der Waals surface area (Å²) in [4.78, 5) is 24.6. The summed E-state index contributed by atoms with van der Waals surface area (Å²) in [5, 5.41) is 14.0. The molecular weight excluding hydrogens is 412 g/mol. The van der Waals surface area contributed by atoms with Crippen molar-refractivity contribution in [1.82, 2.24) is 5.32 Å². The second kappa shape index (κ2) is 11.5. The molecular formula is C21H23F2N3O5. The van der Waals surface area contributed by atoms with E-state index in [2.05, 4.69) is 15.0 Å². The maximum Gasteiger partial charge on any atom is 0.387 e. The summed E-state index contributed by atoms with van der Waals surface area (Å²) in [6.07, 6.45) is 3.05. The Morgan fingerprint density at radius 2 is 1.97 bits per heavy atom. The molecule has 0 saturated carbocycles. The molecule has 0 spiro atoms. The maximum absolute atomic E-state index is 12.5. The fraction of sp³-hybridized carbons (Fsp3) is 0.286. The molecule has 0 radical (unpaired) electrons. The lowest BCUT2D eigenvalue weighted by atomic mass is 10.1. The van der Waals surface area contributed by atoms with Gasteiger partial charge < -0.3 is 19.7 Å². The fourth-order valence-electron chi connectivity index (χ4n) is 2.77. The summed E-state index contributed by atoms with van der Waals surface area (Å²) < 4.78 is 34.2. The Morgan fingerprint density at radius 3 is 2.58 bits per heavy atom. The molecule has 31 heavy (non-hydrogen) atoms. The Balaban J connectivity index is 1.97. The van der Waals surface area contributed by atoms with Gasteiger partial charge in [-0.05, 0) is 30.7 Å². The number of methoxy groups -OCH3 is 1. The van der Waals surface area contributed by atoms with E-state index in [1.165, 1.54) is 13.2 Å². The van der Waals surface area contributed by atoms with Gasteiger partial charge in [0.1, 0.15) is 0 Å². The number of nitrogens with zero attached hydrogens (tertiary/aromatic N) is 2. The first-order valence-corrected chi connectivity index (χ1v) is 9.35. The summed E-state index contributed by atoms with van der Waals surface area (Å²) in [5.41, 5.74) is 0.585. The molecule has 2 rings (SSSR count). The Morgan fingerprint density at radius 1 is 1.26 bits per heavy atom.